The van der Waals surface area contributed by atoms with E-state index >= 15 is 0 Å². The van der Waals surface area contributed by atoms with Crippen LogP contribution < -0.4 is 5.32 Å². The van der Waals surface area contributed by atoms with Crippen molar-refractivity contribution in [2.75, 3.05) is 13.6 Å². The highest BCUT2D eigenvalue weighted by molar-refractivity contribution is 7.21. The molecule has 0 spiro atoms. The Morgan fingerprint density at radius 2 is 1.96 bits per heavy atom. The topological polar surface area (TPSA) is 54.3 Å². The molecule has 142 valence electrons. The number of fused-ring (bicyclic) bond motifs is 1. The minimum atomic E-state index is -0.827. The number of thiophene rings is 1. The number of hydrogen-bond acceptors (Lipinski definition) is 3. The van der Waals surface area contributed by atoms with Gasteiger partial charge < -0.3 is 15.0 Å². The van der Waals surface area contributed by atoms with Gasteiger partial charge in [-0.15, -0.1) is 11.3 Å². The van der Waals surface area contributed by atoms with Crippen LogP contribution in [0.3, 0.4) is 0 Å². The molecule has 0 aliphatic heterocycles. The van der Waals surface area contributed by atoms with E-state index in [0.29, 0.717) is 10.8 Å². The fourth-order valence-corrected chi connectivity index (χ4v) is 5.51. The van der Waals surface area contributed by atoms with Gasteiger partial charge in [0.1, 0.15) is 4.88 Å². The number of carboxylic acid groups (broad SMARTS) is 1. The summed E-state index contributed by atoms with van der Waals surface area (Å²) in [6, 6.07) is 12.5. The Balaban J connectivity index is 1.98. The molecule has 1 fully saturated rings. The highest BCUT2D eigenvalue weighted by atomic mass is 32.1. The van der Waals surface area contributed by atoms with Crippen molar-refractivity contribution in [1.29, 1.82) is 0 Å². The van der Waals surface area contributed by atoms with E-state index in [1.165, 1.54) is 65.0 Å². The van der Waals surface area contributed by atoms with E-state index in [1.54, 1.807) is 0 Å². The predicted molar refractivity (Wildman–Crippen MR) is 112 cm³/mol. The minimum Gasteiger partial charge on any atom is -0.477 e. The molecule has 0 unspecified atom stereocenters. The van der Waals surface area contributed by atoms with Gasteiger partial charge in [0.25, 0.3) is 0 Å². The van der Waals surface area contributed by atoms with E-state index in [4.69, 9.17) is 0 Å². The van der Waals surface area contributed by atoms with Gasteiger partial charge in [0.15, 0.2) is 0 Å². The molecule has 3 aromatic rings. The van der Waals surface area contributed by atoms with Gasteiger partial charge in [-0.25, -0.2) is 4.79 Å². The fraction of sp³-hybridized carbons (Fsp3) is 0.409. The van der Waals surface area contributed by atoms with Gasteiger partial charge >= 0.3 is 5.97 Å². The maximum absolute atomic E-state index is 11.6. The second kappa shape index (κ2) is 7.87. The molecule has 4 rings (SSSR count). The Hall–Kier alpha value is -2.11. The molecule has 0 atom stereocenters. The summed E-state index contributed by atoms with van der Waals surface area (Å²) in [6.07, 6.45) is 6.24. The summed E-state index contributed by atoms with van der Waals surface area (Å²) >= 11 is 1.45. The maximum atomic E-state index is 11.6. The summed E-state index contributed by atoms with van der Waals surface area (Å²) in [5.74, 6) is -0.306. The van der Waals surface area contributed by atoms with Crippen LogP contribution in [0.15, 0.2) is 36.4 Å². The first-order valence-electron chi connectivity index (χ1n) is 9.80. The van der Waals surface area contributed by atoms with Gasteiger partial charge in [-0.05, 0) is 43.0 Å². The van der Waals surface area contributed by atoms with E-state index in [2.05, 4.69) is 40.2 Å². The molecule has 0 radical (unpaired) electrons. The van der Waals surface area contributed by atoms with Gasteiger partial charge in [0.05, 0.1) is 15.9 Å². The highest BCUT2D eigenvalue weighted by Crippen LogP contribution is 2.46. The largest absolute Gasteiger partial charge is 0.477 e. The number of nitrogens with one attached hydrogen (secondary N) is 1. The van der Waals surface area contributed by atoms with Crippen molar-refractivity contribution < 1.29 is 9.90 Å². The van der Waals surface area contributed by atoms with Gasteiger partial charge in [0.2, 0.25) is 0 Å². The van der Waals surface area contributed by atoms with Crippen LogP contribution in [0.2, 0.25) is 0 Å². The Morgan fingerprint density at radius 3 is 2.63 bits per heavy atom. The average Bonchev–Trinajstić information content (AvgIpc) is 3.25. The first-order valence-corrected chi connectivity index (χ1v) is 10.6. The Morgan fingerprint density at radius 1 is 1.22 bits per heavy atom. The molecule has 0 amide bonds. The Kier molecular flexibility index (Phi) is 5.32. The number of likely N-dealkylation sites (N-methyl/N-ethyl adjacent to an activating group) is 1. The zero-order valence-corrected chi connectivity index (χ0v) is 16.5. The van der Waals surface area contributed by atoms with Crippen molar-refractivity contribution in [1.82, 2.24) is 9.88 Å². The molecular weight excluding hydrogens is 356 g/mol. The van der Waals surface area contributed by atoms with Crippen LogP contribution >= 0.6 is 11.3 Å². The second-order valence-electron chi connectivity index (χ2n) is 7.35. The molecule has 5 heteroatoms. The fourth-order valence-electron chi connectivity index (χ4n) is 4.39. The molecular formula is C22H26N2O2S. The Labute approximate surface area is 163 Å². The molecule has 1 aliphatic carbocycles. The lowest BCUT2D eigenvalue weighted by molar-refractivity contribution is 0.0702. The molecule has 4 nitrogen and oxygen atoms in total. The molecule has 2 N–H and O–H groups in total. The lowest BCUT2D eigenvalue weighted by Gasteiger charge is -2.23. The van der Waals surface area contributed by atoms with Crippen LogP contribution in [0.25, 0.3) is 21.5 Å². The van der Waals surface area contributed by atoms with Crippen LogP contribution in [0, 0.1) is 0 Å². The smallest absolute Gasteiger partial charge is 0.345 e. The lowest BCUT2D eigenvalue weighted by atomic mass is 9.83. The van der Waals surface area contributed by atoms with Gasteiger partial charge in [-0.2, -0.15) is 0 Å². The quantitative estimate of drug-likeness (QED) is 0.605. The number of nitrogens with zero attached hydrogens (tertiary/aromatic N) is 1. The summed E-state index contributed by atoms with van der Waals surface area (Å²) in [7, 11) is 1.96. The SMILES string of the molecule is CNCCn1c(-c2ccccc2)c(C2CCCCC2)c2sc(C(=O)O)cc21. The van der Waals surface area contributed by atoms with E-state index in [1.807, 2.05) is 13.1 Å². The molecule has 2 heterocycles. The van der Waals surface area contributed by atoms with E-state index in [0.717, 1.165) is 18.6 Å². The molecule has 27 heavy (non-hydrogen) atoms. The summed E-state index contributed by atoms with van der Waals surface area (Å²) in [5.41, 5.74) is 4.97. The highest BCUT2D eigenvalue weighted by Gasteiger charge is 2.28. The van der Waals surface area contributed by atoms with Crippen molar-refractivity contribution in [2.45, 2.75) is 44.6 Å². The molecule has 1 saturated carbocycles. The summed E-state index contributed by atoms with van der Waals surface area (Å²) in [5, 5.41) is 12.8. The van der Waals surface area contributed by atoms with E-state index in [9.17, 15) is 9.90 Å². The van der Waals surface area contributed by atoms with Crippen molar-refractivity contribution in [3.05, 3.63) is 46.8 Å². The number of carbonyl (C=O) groups is 1. The van der Waals surface area contributed by atoms with Crippen LogP contribution in [0.1, 0.15) is 53.3 Å². The zero-order valence-electron chi connectivity index (χ0n) is 15.7. The molecule has 0 bridgehead atoms. The first kappa shape index (κ1) is 18.3. The van der Waals surface area contributed by atoms with Crippen LogP contribution in [-0.4, -0.2) is 29.2 Å². The summed E-state index contributed by atoms with van der Waals surface area (Å²) in [4.78, 5) is 12.1. The van der Waals surface area contributed by atoms with Crippen LogP contribution in [0.5, 0.6) is 0 Å². The van der Waals surface area contributed by atoms with Crippen molar-refractivity contribution in [3.63, 3.8) is 0 Å². The predicted octanol–water partition coefficient (Wildman–Crippen LogP) is 5.34. The van der Waals surface area contributed by atoms with Crippen molar-refractivity contribution in [3.8, 4) is 11.3 Å². The van der Waals surface area contributed by atoms with Crippen molar-refractivity contribution >= 4 is 27.5 Å². The minimum absolute atomic E-state index is 0.440. The molecule has 1 aromatic carbocycles. The van der Waals surface area contributed by atoms with Gasteiger partial charge in [-0.1, -0.05) is 49.6 Å². The standard InChI is InChI=1S/C22H26N2O2S/c1-23-12-13-24-17-14-18(22(25)26)27-21(17)19(15-8-4-2-5-9-15)20(24)16-10-6-3-7-11-16/h3,6-7,10-11,14-15,23H,2,4-5,8-9,12-13H2,1H3,(H,25,26). The number of carboxylic acids is 1. The van der Waals surface area contributed by atoms with Crippen LogP contribution in [-0.2, 0) is 6.54 Å². The number of aromatic nitrogens is 1. The van der Waals surface area contributed by atoms with Gasteiger partial charge in [-0.3, -0.25) is 0 Å². The number of aromatic carboxylic acids is 1. The summed E-state index contributed by atoms with van der Waals surface area (Å²) < 4.78 is 3.52. The number of rotatable bonds is 6. The average molecular weight is 383 g/mol. The molecule has 0 saturated heterocycles. The third kappa shape index (κ3) is 3.42. The Bertz CT molecular complexity index is 936. The monoisotopic (exact) mass is 382 g/mol. The number of hydrogen-bond donors (Lipinski definition) is 2. The third-order valence-electron chi connectivity index (χ3n) is 5.63. The number of benzene rings is 1. The van der Waals surface area contributed by atoms with E-state index in [-0.39, 0.29) is 0 Å². The molecule has 2 aromatic heterocycles. The first-order chi connectivity index (χ1) is 13.2. The lowest BCUT2D eigenvalue weighted by Crippen LogP contribution is -2.16. The van der Waals surface area contributed by atoms with Gasteiger partial charge in [0, 0.05) is 13.1 Å². The molecule has 1 aliphatic rings. The van der Waals surface area contributed by atoms with Crippen LogP contribution in [0.4, 0.5) is 0 Å². The second-order valence-corrected chi connectivity index (χ2v) is 8.40. The van der Waals surface area contributed by atoms with E-state index < -0.39 is 5.97 Å². The summed E-state index contributed by atoms with van der Waals surface area (Å²) in [6.45, 7) is 1.69. The third-order valence-corrected chi connectivity index (χ3v) is 6.78. The van der Waals surface area contributed by atoms with Crippen molar-refractivity contribution in [2.24, 2.45) is 0 Å². The zero-order chi connectivity index (χ0) is 18.8. The normalized spacial score (nSPS) is 15.4. The maximum Gasteiger partial charge on any atom is 0.345 e.